The Kier molecular flexibility index (Phi) is 4.96. The molecule has 6 nitrogen and oxygen atoms in total. The highest BCUT2D eigenvalue weighted by Crippen LogP contribution is 2.20. The number of para-hydroxylation sites is 1. The van der Waals surface area contributed by atoms with Gasteiger partial charge in [-0.25, -0.2) is 4.98 Å². The van der Waals surface area contributed by atoms with Gasteiger partial charge in [-0.2, -0.15) is 0 Å². The maximum atomic E-state index is 12.9. The van der Waals surface area contributed by atoms with Crippen molar-refractivity contribution in [3.05, 3.63) is 64.4 Å². The van der Waals surface area contributed by atoms with Crippen LogP contribution in [0.3, 0.4) is 0 Å². The Labute approximate surface area is 170 Å². The van der Waals surface area contributed by atoms with Crippen LogP contribution in [-0.2, 0) is 0 Å². The molecular weight excluding hydrogens is 364 g/mol. The molecule has 0 bridgehead atoms. The van der Waals surface area contributed by atoms with Crippen molar-refractivity contribution in [2.24, 2.45) is 0 Å². The first kappa shape index (κ1) is 19.3. The van der Waals surface area contributed by atoms with Crippen LogP contribution in [0, 0.1) is 0 Å². The zero-order chi connectivity index (χ0) is 20.6. The van der Waals surface area contributed by atoms with Crippen molar-refractivity contribution in [2.45, 2.75) is 26.3 Å². The van der Waals surface area contributed by atoms with Gasteiger partial charge in [0.1, 0.15) is 5.82 Å². The number of rotatable bonds is 2. The minimum absolute atomic E-state index is 0.0464. The summed E-state index contributed by atoms with van der Waals surface area (Å²) < 4.78 is 0. The number of aromatic nitrogens is 2. The van der Waals surface area contributed by atoms with Gasteiger partial charge in [-0.3, -0.25) is 14.5 Å². The van der Waals surface area contributed by atoms with E-state index in [1.54, 1.807) is 6.07 Å². The Balaban J connectivity index is 1.51. The van der Waals surface area contributed by atoms with Crippen LogP contribution >= 0.6 is 0 Å². The van der Waals surface area contributed by atoms with Crippen molar-refractivity contribution in [1.29, 1.82) is 0 Å². The van der Waals surface area contributed by atoms with E-state index in [0.717, 1.165) is 31.7 Å². The van der Waals surface area contributed by atoms with Crippen LogP contribution in [0.1, 0.15) is 31.1 Å². The first-order chi connectivity index (χ1) is 13.8. The molecule has 1 saturated heterocycles. The normalized spacial score (nSPS) is 15.6. The molecule has 3 aromatic rings. The van der Waals surface area contributed by atoms with Crippen LogP contribution in [0.5, 0.6) is 0 Å². The summed E-state index contributed by atoms with van der Waals surface area (Å²) in [6, 6.07) is 14.6. The number of nitrogens with one attached hydrogen (secondary N) is 1. The van der Waals surface area contributed by atoms with E-state index in [1.165, 1.54) is 0 Å². The molecule has 0 radical (unpaired) electrons. The minimum Gasteiger partial charge on any atom is -0.336 e. The fourth-order valence-electron chi connectivity index (χ4n) is 3.76. The topological polar surface area (TPSA) is 69.3 Å². The zero-order valence-electron chi connectivity index (χ0n) is 17.1. The zero-order valence-corrected chi connectivity index (χ0v) is 17.1. The van der Waals surface area contributed by atoms with Crippen LogP contribution < -0.4 is 5.56 Å². The molecule has 2 heterocycles. The summed E-state index contributed by atoms with van der Waals surface area (Å²) in [7, 11) is 0. The summed E-state index contributed by atoms with van der Waals surface area (Å²) in [5.74, 6) is 0.552. The van der Waals surface area contributed by atoms with E-state index < -0.39 is 0 Å². The van der Waals surface area contributed by atoms with E-state index >= 15 is 0 Å². The average Bonchev–Trinajstić information content (AvgIpc) is 2.73. The molecule has 1 N–H and O–H groups in total. The number of piperazine rings is 1. The van der Waals surface area contributed by atoms with Gasteiger partial charge in [0.15, 0.2) is 0 Å². The molecule has 1 aliphatic rings. The summed E-state index contributed by atoms with van der Waals surface area (Å²) in [4.78, 5) is 36.8. The van der Waals surface area contributed by atoms with Crippen LogP contribution in [0.4, 0.5) is 0 Å². The summed E-state index contributed by atoms with van der Waals surface area (Å²) in [5, 5.41) is 0.567. The van der Waals surface area contributed by atoms with Crippen molar-refractivity contribution in [1.82, 2.24) is 19.8 Å². The van der Waals surface area contributed by atoms with E-state index in [9.17, 15) is 9.59 Å². The second kappa shape index (κ2) is 7.44. The van der Waals surface area contributed by atoms with Gasteiger partial charge in [0.2, 0.25) is 0 Å². The highest BCUT2D eigenvalue weighted by molar-refractivity contribution is 5.94. The quantitative estimate of drug-likeness (QED) is 0.730. The van der Waals surface area contributed by atoms with Crippen molar-refractivity contribution in [3.63, 3.8) is 0 Å². The van der Waals surface area contributed by atoms with E-state index in [0.29, 0.717) is 22.3 Å². The molecule has 1 aliphatic heterocycles. The molecule has 6 heteroatoms. The average molecular weight is 390 g/mol. The van der Waals surface area contributed by atoms with E-state index in [-0.39, 0.29) is 17.0 Å². The lowest BCUT2D eigenvalue weighted by Gasteiger charge is -2.42. The highest BCUT2D eigenvalue weighted by atomic mass is 16.2. The number of benzene rings is 2. The fraction of sp³-hybridized carbons (Fsp3) is 0.348. The summed E-state index contributed by atoms with van der Waals surface area (Å²) in [6.45, 7) is 9.84. The first-order valence-corrected chi connectivity index (χ1v) is 9.97. The maximum Gasteiger partial charge on any atom is 0.259 e. The third-order valence-electron chi connectivity index (χ3n) is 5.53. The third-order valence-corrected chi connectivity index (χ3v) is 5.53. The van der Waals surface area contributed by atoms with Gasteiger partial charge in [0.05, 0.1) is 10.9 Å². The molecular formula is C23H26N4O2. The highest BCUT2D eigenvalue weighted by Gasteiger charge is 2.28. The summed E-state index contributed by atoms with van der Waals surface area (Å²) >= 11 is 0. The number of hydrogen-bond acceptors (Lipinski definition) is 4. The van der Waals surface area contributed by atoms with Gasteiger partial charge in [0.25, 0.3) is 11.5 Å². The van der Waals surface area contributed by atoms with Crippen LogP contribution in [0.2, 0.25) is 0 Å². The second-order valence-electron chi connectivity index (χ2n) is 8.46. The minimum atomic E-state index is -0.164. The van der Waals surface area contributed by atoms with Gasteiger partial charge in [-0.05, 0) is 45.0 Å². The fourth-order valence-corrected chi connectivity index (χ4v) is 3.76. The predicted molar refractivity (Wildman–Crippen MR) is 115 cm³/mol. The Morgan fingerprint density at radius 2 is 1.62 bits per heavy atom. The van der Waals surface area contributed by atoms with Gasteiger partial charge < -0.3 is 9.88 Å². The molecule has 29 heavy (non-hydrogen) atoms. The molecule has 0 atom stereocenters. The number of H-pyrrole nitrogens is 1. The lowest BCUT2D eigenvalue weighted by molar-refractivity contribution is 0.0451. The number of carbonyl (C=O) groups excluding carboxylic acids is 1. The molecule has 0 aliphatic carbocycles. The maximum absolute atomic E-state index is 12.9. The Bertz CT molecular complexity index is 1090. The van der Waals surface area contributed by atoms with Gasteiger partial charge >= 0.3 is 0 Å². The Hall–Kier alpha value is -2.99. The molecule has 4 rings (SSSR count). The number of nitrogens with zero attached hydrogens (tertiary/aromatic N) is 3. The van der Waals surface area contributed by atoms with Crippen LogP contribution in [-0.4, -0.2) is 57.4 Å². The molecule has 1 aromatic heterocycles. The Morgan fingerprint density at radius 3 is 2.28 bits per heavy atom. The van der Waals surface area contributed by atoms with Gasteiger partial charge in [-0.1, -0.05) is 24.3 Å². The van der Waals surface area contributed by atoms with E-state index in [1.807, 2.05) is 47.4 Å². The third kappa shape index (κ3) is 3.93. The predicted octanol–water partition coefficient (Wildman–Crippen LogP) is 3.15. The molecule has 0 unspecified atom stereocenters. The van der Waals surface area contributed by atoms with Gasteiger partial charge in [-0.15, -0.1) is 0 Å². The van der Waals surface area contributed by atoms with Crippen LogP contribution in [0.25, 0.3) is 22.3 Å². The second-order valence-corrected chi connectivity index (χ2v) is 8.46. The summed E-state index contributed by atoms with van der Waals surface area (Å²) in [6.07, 6.45) is 0. The van der Waals surface area contributed by atoms with Crippen molar-refractivity contribution in [2.75, 3.05) is 26.2 Å². The molecule has 150 valence electrons. The molecule has 2 aromatic carbocycles. The molecule has 0 saturated carbocycles. The smallest absolute Gasteiger partial charge is 0.259 e. The summed E-state index contributed by atoms with van der Waals surface area (Å²) in [5.41, 5.74) is 2.05. The van der Waals surface area contributed by atoms with E-state index in [4.69, 9.17) is 0 Å². The van der Waals surface area contributed by atoms with Crippen molar-refractivity contribution < 1.29 is 4.79 Å². The number of carbonyl (C=O) groups is 1. The lowest BCUT2D eigenvalue weighted by Crippen LogP contribution is -2.54. The van der Waals surface area contributed by atoms with Crippen molar-refractivity contribution >= 4 is 16.8 Å². The number of fused-ring (bicyclic) bond motifs is 1. The van der Waals surface area contributed by atoms with Crippen molar-refractivity contribution in [3.8, 4) is 11.4 Å². The first-order valence-electron chi connectivity index (χ1n) is 9.97. The lowest BCUT2D eigenvalue weighted by atomic mass is 10.0. The van der Waals surface area contributed by atoms with Crippen LogP contribution in [0.15, 0.2) is 53.3 Å². The van der Waals surface area contributed by atoms with Gasteiger partial charge in [0, 0.05) is 42.8 Å². The number of aromatic amines is 1. The monoisotopic (exact) mass is 390 g/mol. The number of amides is 1. The molecule has 1 amide bonds. The Morgan fingerprint density at radius 1 is 0.966 bits per heavy atom. The molecule has 0 spiro atoms. The standard InChI is InChI=1S/C23H26N4O2/c1-23(2,3)27-14-12-26(13-15-27)22(29)17-10-8-16(9-11-17)20-24-19-7-5-4-6-18(19)21(28)25-20/h4-11H,12-15H2,1-3H3,(H,24,25,28). The molecule has 1 fully saturated rings. The van der Waals surface area contributed by atoms with E-state index in [2.05, 4.69) is 35.6 Å². The largest absolute Gasteiger partial charge is 0.336 e. The SMILES string of the molecule is CC(C)(C)N1CCN(C(=O)c2ccc(-c3nc4ccccc4c(=O)[nH]3)cc2)CC1. The number of hydrogen-bond donors (Lipinski definition) is 1.